The normalized spacial score (nSPS) is 12.7. The Bertz CT molecular complexity index is 230. The quantitative estimate of drug-likeness (QED) is 0.654. The van der Waals surface area contributed by atoms with Gasteiger partial charge >= 0.3 is 0 Å². The molecule has 0 aliphatic heterocycles. The van der Waals surface area contributed by atoms with Crippen molar-refractivity contribution in [1.29, 1.82) is 0 Å². The second-order valence-corrected chi connectivity index (χ2v) is 3.79. The summed E-state index contributed by atoms with van der Waals surface area (Å²) in [4.78, 5) is 0. The number of hydrogen-bond donors (Lipinski definition) is 0. The molecule has 1 nitrogen and oxygen atoms in total. The fourth-order valence-corrected chi connectivity index (χ4v) is 1.64. The molecule has 0 spiro atoms. The van der Waals surface area contributed by atoms with Crippen LogP contribution in [0.2, 0.25) is 0 Å². The summed E-state index contributed by atoms with van der Waals surface area (Å²) in [5, 5.41) is 11.3. The smallest absolute Gasteiger partial charge is 0.0930 e. The predicted molar refractivity (Wildman–Crippen MR) is 58.8 cm³/mol. The summed E-state index contributed by atoms with van der Waals surface area (Å²) in [5.41, 5.74) is 1.34. The van der Waals surface area contributed by atoms with Crippen molar-refractivity contribution in [3.63, 3.8) is 0 Å². The second-order valence-electron chi connectivity index (χ2n) is 3.79. The summed E-state index contributed by atoms with van der Waals surface area (Å²) >= 11 is 0. The van der Waals surface area contributed by atoms with Gasteiger partial charge in [-0.3, -0.25) is 0 Å². The minimum absolute atomic E-state index is 0.344. The highest BCUT2D eigenvalue weighted by Gasteiger charge is 2.03. The maximum atomic E-state index is 11.3. The minimum atomic E-state index is -0.344. The molecule has 1 aromatic carbocycles. The van der Waals surface area contributed by atoms with Gasteiger partial charge in [0.1, 0.15) is 0 Å². The summed E-state index contributed by atoms with van der Waals surface area (Å²) in [6.45, 7) is 2.07. The number of rotatable bonds is 6. The fourth-order valence-electron chi connectivity index (χ4n) is 1.64. The average molecular weight is 191 g/mol. The Morgan fingerprint density at radius 3 is 2.50 bits per heavy atom. The van der Waals surface area contributed by atoms with Crippen molar-refractivity contribution in [3.05, 3.63) is 35.9 Å². The molecule has 0 saturated carbocycles. The molecule has 0 heterocycles. The van der Waals surface area contributed by atoms with Crippen molar-refractivity contribution < 1.29 is 5.11 Å². The zero-order valence-electron chi connectivity index (χ0n) is 8.91. The van der Waals surface area contributed by atoms with Gasteiger partial charge in [-0.2, -0.15) is 0 Å². The van der Waals surface area contributed by atoms with Gasteiger partial charge in [0, 0.05) is 0 Å². The van der Waals surface area contributed by atoms with Crippen LogP contribution in [0, 0.1) is 0 Å². The lowest BCUT2D eigenvalue weighted by Gasteiger charge is -2.06. The van der Waals surface area contributed by atoms with Crippen LogP contribution in [0.5, 0.6) is 0 Å². The Kier molecular flexibility index (Phi) is 5.31. The van der Waals surface area contributed by atoms with Crippen LogP contribution in [-0.4, -0.2) is 6.10 Å². The maximum Gasteiger partial charge on any atom is 0.0930 e. The van der Waals surface area contributed by atoms with Crippen LogP contribution in [0.1, 0.15) is 38.2 Å². The van der Waals surface area contributed by atoms with Crippen molar-refractivity contribution in [1.82, 2.24) is 0 Å². The van der Waals surface area contributed by atoms with E-state index in [1.165, 1.54) is 5.56 Å². The van der Waals surface area contributed by atoms with Gasteiger partial charge in [0.25, 0.3) is 0 Å². The largest absolute Gasteiger partial charge is 0.233 e. The van der Waals surface area contributed by atoms with Crippen molar-refractivity contribution in [2.45, 2.75) is 45.1 Å². The van der Waals surface area contributed by atoms with Crippen molar-refractivity contribution in [3.8, 4) is 0 Å². The molecular formula is C13H19O. The van der Waals surface area contributed by atoms with E-state index in [4.69, 9.17) is 0 Å². The van der Waals surface area contributed by atoms with E-state index in [9.17, 15) is 5.11 Å². The van der Waals surface area contributed by atoms with Crippen molar-refractivity contribution in [2.24, 2.45) is 0 Å². The first-order valence-corrected chi connectivity index (χ1v) is 5.52. The van der Waals surface area contributed by atoms with E-state index in [-0.39, 0.29) is 6.10 Å². The predicted octanol–water partition coefficient (Wildman–Crippen LogP) is 3.61. The molecule has 1 aromatic rings. The molecule has 14 heavy (non-hydrogen) atoms. The molecular weight excluding hydrogens is 172 g/mol. The molecule has 0 aliphatic carbocycles. The van der Waals surface area contributed by atoms with E-state index in [1.807, 2.05) is 6.07 Å². The molecule has 77 valence electrons. The van der Waals surface area contributed by atoms with Crippen LogP contribution < -0.4 is 0 Å². The summed E-state index contributed by atoms with van der Waals surface area (Å²) in [7, 11) is 0. The van der Waals surface area contributed by atoms with E-state index in [0.29, 0.717) is 0 Å². The Hall–Kier alpha value is -0.820. The number of benzene rings is 1. The van der Waals surface area contributed by atoms with E-state index >= 15 is 0 Å². The molecule has 1 rings (SSSR count). The average Bonchev–Trinajstić information content (AvgIpc) is 2.20. The molecule has 0 bridgehead atoms. The molecule has 0 fully saturated rings. The van der Waals surface area contributed by atoms with Crippen molar-refractivity contribution >= 4 is 0 Å². The highest BCUT2D eigenvalue weighted by molar-refractivity contribution is 5.14. The van der Waals surface area contributed by atoms with Gasteiger partial charge in [0.2, 0.25) is 0 Å². The Morgan fingerprint density at radius 1 is 1.14 bits per heavy atom. The van der Waals surface area contributed by atoms with Gasteiger partial charge in [-0.1, -0.05) is 43.7 Å². The summed E-state index contributed by atoms with van der Waals surface area (Å²) in [6, 6.07) is 10.4. The highest BCUT2D eigenvalue weighted by Crippen LogP contribution is 2.09. The zero-order chi connectivity index (χ0) is 10.2. The molecule has 1 heteroatoms. The zero-order valence-corrected chi connectivity index (χ0v) is 8.91. The lowest BCUT2D eigenvalue weighted by atomic mass is 10.0. The first-order valence-electron chi connectivity index (χ1n) is 5.52. The van der Waals surface area contributed by atoms with Gasteiger partial charge < -0.3 is 0 Å². The molecule has 1 radical (unpaired) electrons. The van der Waals surface area contributed by atoms with E-state index in [2.05, 4.69) is 31.2 Å². The molecule has 0 amide bonds. The first-order chi connectivity index (χ1) is 6.83. The molecule has 0 aromatic heterocycles. The van der Waals surface area contributed by atoms with Crippen LogP contribution in [0.15, 0.2) is 30.3 Å². The molecule has 0 aliphatic rings. The molecule has 0 N–H and O–H groups in total. The van der Waals surface area contributed by atoms with Gasteiger partial charge in [0.05, 0.1) is 6.10 Å². The molecule has 1 unspecified atom stereocenters. The lowest BCUT2D eigenvalue weighted by molar-refractivity contribution is 0.0714. The lowest BCUT2D eigenvalue weighted by Crippen LogP contribution is -2.03. The topological polar surface area (TPSA) is 19.9 Å². The fraction of sp³-hybridized carbons (Fsp3) is 0.538. The SMILES string of the molecule is CCCC([O])CCCc1ccccc1. The van der Waals surface area contributed by atoms with Gasteiger partial charge in [-0.25, -0.2) is 5.11 Å². The number of hydrogen-bond acceptors (Lipinski definition) is 0. The van der Waals surface area contributed by atoms with Crippen LogP contribution in [-0.2, 0) is 11.5 Å². The monoisotopic (exact) mass is 191 g/mol. The molecule has 1 atom stereocenters. The summed E-state index contributed by atoms with van der Waals surface area (Å²) in [5.74, 6) is 0. The maximum absolute atomic E-state index is 11.3. The Balaban J connectivity index is 2.16. The van der Waals surface area contributed by atoms with Crippen LogP contribution in [0.25, 0.3) is 0 Å². The van der Waals surface area contributed by atoms with E-state index in [0.717, 1.165) is 32.1 Å². The van der Waals surface area contributed by atoms with Crippen LogP contribution in [0.3, 0.4) is 0 Å². The molecule has 0 saturated heterocycles. The highest BCUT2D eigenvalue weighted by atomic mass is 16.3. The van der Waals surface area contributed by atoms with Crippen LogP contribution in [0.4, 0.5) is 0 Å². The van der Waals surface area contributed by atoms with Crippen molar-refractivity contribution in [2.75, 3.05) is 0 Å². The summed E-state index contributed by atoms with van der Waals surface area (Å²) in [6.07, 6.45) is 4.39. The Morgan fingerprint density at radius 2 is 1.86 bits per heavy atom. The standard InChI is InChI=1S/C13H19O/c1-2-7-13(14)11-6-10-12-8-4-3-5-9-12/h3-5,8-9,13H,2,6-7,10-11H2,1H3. The van der Waals surface area contributed by atoms with Gasteiger partial charge in [-0.05, 0) is 31.2 Å². The summed E-state index contributed by atoms with van der Waals surface area (Å²) < 4.78 is 0. The van der Waals surface area contributed by atoms with E-state index in [1.54, 1.807) is 0 Å². The Labute approximate surface area is 86.8 Å². The first kappa shape index (κ1) is 11.3. The third-order valence-electron chi connectivity index (χ3n) is 2.45. The van der Waals surface area contributed by atoms with Crippen LogP contribution >= 0.6 is 0 Å². The third kappa shape index (κ3) is 4.43. The van der Waals surface area contributed by atoms with Gasteiger partial charge in [0.15, 0.2) is 0 Å². The minimum Gasteiger partial charge on any atom is -0.233 e. The number of aryl methyl sites for hydroxylation is 1. The third-order valence-corrected chi connectivity index (χ3v) is 2.45. The van der Waals surface area contributed by atoms with E-state index < -0.39 is 0 Å². The van der Waals surface area contributed by atoms with Gasteiger partial charge in [-0.15, -0.1) is 0 Å². The second kappa shape index (κ2) is 6.61.